The monoisotopic (exact) mass is 336 g/mol. The number of fused-ring (bicyclic) bond motifs is 1. The Morgan fingerprint density at radius 3 is 2.70 bits per heavy atom. The molecule has 1 unspecified atom stereocenters. The third-order valence-corrected chi connectivity index (χ3v) is 4.64. The molecule has 1 heterocycles. The van der Waals surface area contributed by atoms with Gasteiger partial charge in [0.2, 0.25) is 5.91 Å². The van der Waals surface area contributed by atoms with Crippen LogP contribution < -0.4 is 20.1 Å². The Kier molecular flexibility index (Phi) is 4.95. The van der Waals surface area contributed by atoms with Gasteiger partial charge in [0.25, 0.3) is 0 Å². The second kappa shape index (κ2) is 7.12. The number of carbonyl (C=O) groups is 2. The molecule has 1 aliphatic heterocycles. The number of urea groups is 1. The Bertz CT molecular complexity index is 604. The van der Waals surface area contributed by atoms with Gasteiger partial charge in [0, 0.05) is 17.4 Å². The number of nitrogens with one attached hydrogen (secondary N) is 2. The van der Waals surface area contributed by atoms with Crippen LogP contribution in [0, 0.1) is 0 Å². The summed E-state index contributed by atoms with van der Waals surface area (Å²) in [7, 11) is 0. The molecule has 0 bridgehead atoms. The maximum absolute atomic E-state index is 12.1. The lowest BCUT2D eigenvalue weighted by Crippen LogP contribution is -2.43. The summed E-state index contributed by atoms with van der Waals surface area (Å²) in [5, 5.41) is 4.73. The number of hydrogen-bond acceptors (Lipinski definition) is 5. The molecule has 2 aliphatic rings. The van der Waals surface area contributed by atoms with E-state index in [4.69, 9.17) is 9.47 Å². The summed E-state index contributed by atoms with van der Waals surface area (Å²) in [4.78, 5) is 24.6. The van der Waals surface area contributed by atoms with E-state index in [9.17, 15) is 9.59 Å². The highest BCUT2D eigenvalue weighted by Crippen LogP contribution is 2.35. The van der Waals surface area contributed by atoms with E-state index < -0.39 is 6.03 Å². The van der Waals surface area contributed by atoms with Crippen molar-refractivity contribution in [2.24, 2.45) is 0 Å². The van der Waals surface area contributed by atoms with Crippen molar-refractivity contribution >= 4 is 23.7 Å². The van der Waals surface area contributed by atoms with Crippen molar-refractivity contribution < 1.29 is 19.1 Å². The first-order chi connectivity index (χ1) is 11.1. The van der Waals surface area contributed by atoms with Crippen LogP contribution in [0.15, 0.2) is 23.1 Å². The number of amides is 3. The summed E-state index contributed by atoms with van der Waals surface area (Å²) in [5.74, 6) is 1.12. The maximum Gasteiger partial charge on any atom is 0.321 e. The number of imide groups is 1. The Labute approximate surface area is 139 Å². The molecule has 3 amide bonds. The highest BCUT2D eigenvalue weighted by Gasteiger charge is 2.25. The molecule has 0 saturated heterocycles. The summed E-state index contributed by atoms with van der Waals surface area (Å²) in [6.45, 7) is 3.04. The van der Waals surface area contributed by atoms with Crippen LogP contribution in [0.3, 0.4) is 0 Å². The predicted molar refractivity (Wildman–Crippen MR) is 87.1 cm³/mol. The molecule has 1 aliphatic carbocycles. The standard InChI is InChI=1S/C16H20N2O4S/c1-10(15(19)18-16(20)17-11-3-4-11)23-12-5-6-13-14(9-12)22-8-2-7-21-13/h5-6,9-11H,2-4,7-8H2,1H3,(H2,17,18,19,20). The smallest absolute Gasteiger partial charge is 0.321 e. The van der Waals surface area contributed by atoms with Crippen LogP contribution in [-0.4, -0.2) is 36.4 Å². The molecule has 6 nitrogen and oxygen atoms in total. The number of benzene rings is 1. The lowest BCUT2D eigenvalue weighted by atomic mass is 10.3. The zero-order valence-electron chi connectivity index (χ0n) is 13.0. The van der Waals surface area contributed by atoms with Crippen molar-refractivity contribution in [1.29, 1.82) is 0 Å². The van der Waals surface area contributed by atoms with Gasteiger partial charge in [-0.2, -0.15) is 0 Å². The van der Waals surface area contributed by atoms with E-state index in [0.29, 0.717) is 19.0 Å². The van der Waals surface area contributed by atoms with Gasteiger partial charge in [0.05, 0.1) is 18.5 Å². The Hall–Kier alpha value is -1.89. The molecular weight excluding hydrogens is 316 g/mol. The number of rotatable bonds is 4. The minimum Gasteiger partial charge on any atom is -0.490 e. The summed E-state index contributed by atoms with van der Waals surface area (Å²) >= 11 is 1.38. The summed E-state index contributed by atoms with van der Waals surface area (Å²) in [6, 6.07) is 5.44. The molecule has 1 aromatic rings. The van der Waals surface area contributed by atoms with Crippen molar-refractivity contribution in [2.75, 3.05) is 13.2 Å². The van der Waals surface area contributed by atoms with Crippen LogP contribution in [0.5, 0.6) is 11.5 Å². The minimum atomic E-state index is -0.413. The molecule has 0 radical (unpaired) electrons. The largest absolute Gasteiger partial charge is 0.490 e. The first-order valence-corrected chi connectivity index (χ1v) is 8.67. The topological polar surface area (TPSA) is 76.7 Å². The Balaban J connectivity index is 1.56. The zero-order chi connectivity index (χ0) is 16.2. The predicted octanol–water partition coefficient (Wildman–Crippen LogP) is 2.32. The summed E-state index contributed by atoms with van der Waals surface area (Å²) in [5.41, 5.74) is 0. The molecule has 3 rings (SSSR count). The quantitative estimate of drug-likeness (QED) is 0.825. The Morgan fingerprint density at radius 1 is 1.22 bits per heavy atom. The van der Waals surface area contributed by atoms with Gasteiger partial charge in [0.1, 0.15) is 0 Å². The van der Waals surface area contributed by atoms with Gasteiger partial charge in [-0.15, -0.1) is 11.8 Å². The lowest BCUT2D eigenvalue weighted by Gasteiger charge is -2.13. The third kappa shape index (κ3) is 4.54. The molecule has 23 heavy (non-hydrogen) atoms. The van der Waals surface area contributed by atoms with E-state index in [1.165, 1.54) is 11.8 Å². The van der Waals surface area contributed by atoms with Gasteiger partial charge in [-0.3, -0.25) is 10.1 Å². The van der Waals surface area contributed by atoms with Gasteiger partial charge < -0.3 is 14.8 Å². The average Bonchev–Trinajstić information content (AvgIpc) is 3.33. The van der Waals surface area contributed by atoms with Crippen molar-refractivity contribution in [3.8, 4) is 11.5 Å². The Morgan fingerprint density at radius 2 is 1.96 bits per heavy atom. The molecule has 0 spiro atoms. The first kappa shape index (κ1) is 16.0. The van der Waals surface area contributed by atoms with Crippen LogP contribution in [0.25, 0.3) is 0 Å². The fourth-order valence-corrected chi connectivity index (χ4v) is 3.03. The molecule has 7 heteroatoms. The van der Waals surface area contributed by atoms with Crippen LogP contribution >= 0.6 is 11.8 Å². The number of thioether (sulfide) groups is 1. The van der Waals surface area contributed by atoms with E-state index in [2.05, 4.69) is 10.6 Å². The zero-order valence-corrected chi connectivity index (χ0v) is 13.8. The number of hydrogen-bond donors (Lipinski definition) is 2. The summed E-state index contributed by atoms with van der Waals surface area (Å²) < 4.78 is 11.2. The number of carbonyl (C=O) groups excluding carboxylic acids is 2. The second-order valence-corrected chi connectivity index (χ2v) is 7.07. The molecule has 2 N–H and O–H groups in total. The van der Waals surface area contributed by atoms with Gasteiger partial charge >= 0.3 is 6.03 Å². The van der Waals surface area contributed by atoms with Crippen LogP contribution in [0.1, 0.15) is 26.2 Å². The maximum atomic E-state index is 12.1. The first-order valence-electron chi connectivity index (χ1n) is 7.79. The van der Waals surface area contributed by atoms with E-state index in [0.717, 1.165) is 29.9 Å². The molecular formula is C16H20N2O4S. The van der Waals surface area contributed by atoms with Crippen LogP contribution in [0.2, 0.25) is 0 Å². The van der Waals surface area contributed by atoms with Gasteiger partial charge in [-0.25, -0.2) is 4.79 Å². The van der Waals surface area contributed by atoms with Crippen molar-refractivity contribution in [3.63, 3.8) is 0 Å². The normalized spacial score (nSPS) is 17.8. The van der Waals surface area contributed by atoms with Crippen molar-refractivity contribution in [2.45, 2.75) is 42.4 Å². The fraction of sp³-hybridized carbons (Fsp3) is 0.500. The number of ether oxygens (including phenoxy) is 2. The van der Waals surface area contributed by atoms with Crippen molar-refractivity contribution in [3.05, 3.63) is 18.2 Å². The van der Waals surface area contributed by atoms with Crippen molar-refractivity contribution in [1.82, 2.24) is 10.6 Å². The molecule has 1 saturated carbocycles. The molecule has 0 aromatic heterocycles. The summed E-state index contributed by atoms with van der Waals surface area (Å²) in [6.07, 6.45) is 2.83. The van der Waals surface area contributed by atoms with Gasteiger partial charge in [0.15, 0.2) is 11.5 Å². The second-order valence-electron chi connectivity index (χ2n) is 5.66. The van der Waals surface area contributed by atoms with E-state index in [1.54, 1.807) is 6.92 Å². The highest BCUT2D eigenvalue weighted by atomic mass is 32.2. The molecule has 1 fully saturated rings. The highest BCUT2D eigenvalue weighted by molar-refractivity contribution is 8.00. The van der Waals surface area contributed by atoms with Gasteiger partial charge in [-0.1, -0.05) is 0 Å². The lowest BCUT2D eigenvalue weighted by molar-refractivity contribution is -0.119. The molecule has 1 atom stereocenters. The third-order valence-electron chi connectivity index (χ3n) is 3.55. The molecule has 1 aromatic carbocycles. The SMILES string of the molecule is CC(Sc1ccc2c(c1)OCCCO2)C(=O)NC(=O)NC1CC1. The van der Waals surface area contributed by atoms with E-state index in [1.807, 2.05) is 18.2 Å². The average molecular weight is 336 g/mol. The molecule has 124 valence electrons. The van der Waals surface area contributed by atoms with Gasteiger partial charge in [-0.05, 0) is 38.0 Å². The van der Waals surface area contributed by atoms with Crippen LogP contribution in [-0.2, 0) is 4.79 Å². The van der Waals surface area contributed by atoms with E-state index in [-0.39, 0.29) is 17.2 Å². The fourth-order valence-electron chi connectivity index (χ4n) is 2.14. The van der Waals surface area contributed by atoms with Crippen LogP contribution in [0.4, 0.5) is 4.79 Å². The van der Waals surface area contributed by atoms with E-state index >= 15 is 0 Å². The minimum absolute atomic E-state index is 0.229.